The molecule has 0 radical (unpaired) electrons. The number of hydrogen-bond acceptors (Lipinski definition) is 7. The molecule has 1 saturated heterocycles. The number of anilines is 2. The van der Waals surface area contributed by atoms with Gasteiger partial charge in [-0.25, -0.2) is 13.4 Å². The summed E-state index contributed by atoms with van der Waals surface area (Å²) in [6.07, 6.45) is 5.87. The Balaban J connectivity index is 1.71. The summed E-state index contributed by atoms with van der Waals surface area (Å²) < 4.78 is 23.5. The number of hydrogen-bond donors (Lipinski definition) is 1. The number of nitrogens with one attached hydrogen (secondary N) is 1. The molecule has 0 spiro atoms. The third-order valence-electron chi connectivity index (χ3n) is 4.09. The zero-order chi connectivity index (χ0) is 17.0. The van der Waals surface area contributed by atoms with Crippen LogP contribution in [0.25, 0.3) is 0 Å². The molecule has 0 amide bonds. The molecule has 24 heavy (non-hydrogen) atoms. The molecule has 0 saturated carbocycles. The third-order valence-corrected chi connectivity index (χ3v) is 5.84. The number of sulfone groups is 1. The quantitative estimate of drug-likeness (QED) is 0.847. The molecule has 1 unspecified atom stereocenters. The molecule has 1 N–H and O–H groups in total. The van der Waals surface area contributed by atoms with Gasteiger partial charge in [-0.1, -0.05) is 6.07 Å². The van der Waals surface area contributed by atoms with Crippen LogP contribution in [0.15, 0.2) is 36.8 Å². The smallest absolute Gasteiger partial charge is 0.227 e. The van der Waals surface area contributed by atoms with E-state index in [1.807, 2.05) is 24.0 Å². The molecule has 1 aliphatic heterocycles. The second kappa shape index (κ2) is 7.12. The summed E-state index contributed by atoms with van der Waals surface area (Å²) in [4.78, 5) is 14.9. The lowest BCUT2D eigenvalue weighted by atomic mass is 10.2. The van der Waals surface area contributed by atoms with Gasteiger partial charge in [0.1, 0.15) is 5.82 Å². The number of nitrogens with zero attached hydrogens (tertiary/aromatic N) is 4. The van der Waals surface area contributed by atoms with E-state index in [0.29, 0.717) is 31.3 Å². The number of aromatic nitrogens is 3. The first-order valence-electron chi connectivity index (χ1n) is 8.00. The predicted octanol–water partition coefficient (Wildman–Crippen LogP) is 1.50. The van der Waals surface area contributed by atoms with E-state index in [0.717, 1.165) is 5.56 Å². The second-order valence-electron chi connectivity index (χ2n) is 5.80. The molecule has 8 heteroatoms. The maximum Gasteiger partial charge on any atom is 0.227 e. The SMILES string of the molecule is CCN(c1nccc(NCc2cccnc2)n1)C1CCS(=O)(=O)C1. The van der Waals surface area contributed by atoms with Gasteiger partial charge in [-0.3, -0.25) is 4.98 Å². The predicted molar refractivity (Wildman–Crippen MR) is 93.7 cm³/mol. The van der Waals surface area contributed by atoms with Crippen molar-refractivity contribution in [3.8, 4) is 0 Å². The molecule has 3 heterocycles. The van der Waals surface area contributed by atoms with Crippen LogP contribution >= 0.6 is 0 Å². The van der Waals surface area contributed by atoms with E-state index in [2.05, 4.69) is 20.3 Å². The summed E-state index contributed by atoms with van der Waals surface area (Å²) in [6, 6.07) is 5.64. The minimum absolute atomic E-state index is 0.0476. The molecule has 1 atom stereocenters. The summed E-state index contributed by atoms with van der Waals surface area (Å²) in [5.41, 5.74) is 1.06. The fraction of sp³-hybridized carbons (Fsp3) is 0.438. The summed E-state index contributed by atoms with van der Waals surface area (Å²) >= 11 is 0. The number of rotatable bonds is 6. The fourth-order valence-corrected chi connectivity index (χ4v) is 4.60. The lowest BCUT2D eigenvalue weighted by Gasteiger charge is -2.26. The van der Waals surface area contributed by atoms with E-state index in [1.165, 1.54) is 0 Å². The van der Waals surface area contributed by atoms with E-state index in [4.69, 9.17) is 0 Å². The molecule has 128 valence electrons. The van der Waals surface area contributed by atoms with Crippen molar-refractivity contribution in [2.24, 2.45) is 0 Å². The van der Waals surface area contributed by atoms with Gasteiger partial charge in [0.05, 0.1) is 11.5 Å². The van der Waals surface area contributed by atoms with E-state index in [1.54, 1.807) is 24.7 Å². The van der Waals surface area contributed by atoms with Crippen LogP contribution < -0.4 is 10.2 Å². The van der Waals surface area contributed by atoms with Gasteiger partial charge < -0.3 is 10.2 Å². The van der Waals surface area contributed by atoms with E-state index in [-0.39, 0.29) is 17.5 Å². The van der Waals surface area contributed by atoms with Crippen LogP contribution in [-0.4, -0.2) is 47.5 Å². The largest absolute Gasteiger partial charge is 0.366 e. The van der Waals surface area contributed by atoms with Crippen LogP contribution in [0.5, 0.6) is 0 Å². The Morgan fingerprint density at radius 2 is 2.21 bits per heavy atom. The summed E-state index contributed by atoms with van der Waals surface area (Å²) in [5, 5.41) is 3.25. The van der Waals surface area contributed by atoms with Gasteiger partial charge in [0.2, 0.25) is 5.95 Å². The van der Waals surface area contributed by atoms with Gasteiger partial charge >= 0.3 is 0 Å². The topological polar surface area (TPSA) is 88.1 Å². The van der Waals surface area contributed by atoms with Crippen molar-refractivity contribution in [3.05, 3.63) is 42.4 Å². The van der Waals surface area contributed by atoms with Gasteiger partial charge in [0, 0.05) is 37.7 Å². The monoisotopic (exact) mass is 347 g/mol. The maximum atomic E-state index is 11.7. The van der Waals surface area contributed by atoms with Crippen molar-refractivity contribution in [3.63, 3.8) is 0 Å². The van der Waals surface area contributed by atoms with Crippen molar-refractivity contribution in [1.82, 2.24) is 15.0 Å². The van der Waals surface area contributed by atoms with Crippen LogP contribution in [0.4, 0.5) is 11.8 Å². The van der Waals surface area contributed by atoms with E-state index < -0.39 is 9.84 Å². The van der Waals surface area contributed by atoms with Gasteiger partial charge in [-0.05, 0) is 31.0 Å². The molecule has 7 nitrogen and oxygen atoms in total. The number of pyridine rings is 1. The molecule has 0 aliphatic carbocycles. The third kappa shape index (κ3) is 4.00. The molecule has 1 fully saturated rings. The standard InChI is InChI=1S/C16H21N5O2S/c1-2-21(14-6-9-24(22,23)12-14)16-18-8-5-15(20-16)19-11-13-4-3-7-17-10-13/h3-5,7-8,10,14H,2,6,9,11-12H2,1H3,(H,18,19,20). The Morgan fingerprint density at radius 3 is 2.88 bits per heavy atom. The lowest BCUT2D eigenvalue weighted by molar-refractivity contribution is 0.599. The van der Waals surface area contributed by atoms with Crippen molar-refractivity contribution in [2.75, 3.05) is 28.3 Å². The Labute approximate surface area is 142 Å². The summed E-state index contributed by atoms with van der Waals surface area (Å²) in [7, 11) is -2.93. The molecule has 2 aromatic heterocycles. The maximum absolute atomic E-state index is 11.7. The molecular formula is C16H21N5O2S. The molecule has 3 rings (SSSR count). The molecule has 2 aromatic rings. The molecule has 0 aromatic carbocycles. The van der Waals surface area contributed by atoms with Crippen LogP contribution in [0, 0.1) is 0 Å². The highest BCUT2D eigenvalue weighted by Gasteiger charge is 2.32. The Morgan fingerprint density at radius 1 is 1.33 bits per heavy atom. The summed E-state index contributed by atoms with van der Waals surface area (Å²) in [5.74, 6) is 1.70. The molecule has 1 aliphatic rings. The first-order chi connectivity index (χ1) is 11.6. The van der Waals surface area contributed by atoms with Gasteiger partial charge in [0.15, 0.2) is 9.84 Å². The van der Waals surface area contributed by atoms with Gasteiger partial charge in [0.25, 0.3) is 0 Å². The van der Waals surface area contributed by atoms with Crippen molar-refractivity contribution >= 4 is 21.6 Å². The minimum Gasteiger partial charge on any atom is -0.366 e. The Bertz CT molecular complexity index is 782. The Kier molecular flexibility index (Phi) is 4.94. The highest BCUT2D eigenvalue weighted by molar-refractivity contribution is 7.91. The second-order valence-corrected chi connectivity index (χ2v) is 8.03. The van der Waals surface area contributed by atoms with Crippen molar-refractivity contribution in [1.29, 1.82) is 0 Å². The van der Waals surface area contributed by atoms with E-state index >= 15 is 0 Å². The first-order valence-corrected chi connectivity index (χ1v) is 9.82. The zero-order valence-corrected chi connectivity index (χ0v) is 14.4. The van der Waals surface area contributed by atoms with Crippen molar-refractivity contribution in [2.45, 2.75) is 25.9 Å². The van der Waals surface area contributed by atoms with Gasteiger partial charge in [-0.2, -0.15) is 4.98 Å². The Hall–Kier alpha value is -2.22. The van der Waals surface area contributed by atoms with Gasteiger partial charge in [-0.15, -0.1) is 0 Å². The average Bonchev–Trinajstić information content (AvgIpc) is 2.95. The zero-order valence-electron chi connectivity index (χ0n) is 13.6. The first kappa shape index (κ1) is 16.6. The highest BCUT2D eigenvalue weighted by Crippen LogP contribution is 2.22. The lowest BCUT2D eigenvalue weighted by Crippen LogP contribution is -2.37. The van der Waals surface area contributed by atoms with Crippen LogP contribution in [0.1, 0.15) is 18.9 Å². The average molecular weight is 347 g/mol. The minimum atomic E-state index is -2.93. The van der Waals surface area contributed by atoms with Crippen LogP contribution in [0.3, 0.4) is 0 Å². The fourth-order valence-electron chi connectivity index (χ4n) is 2.86. The molecular weight excluding hydrogens is 326 g/mol. The molecule has 0 bridgehead atoms. The van der Waals surface area contributed by atoms with E-state index in [9.17, 15) is 8.42 Å². The van der Waals surface area contributed by atoms with Crippen LogP contribution in [-0.2, 0) is 16.4 Å². The van der Waals surface area contributed by atoms with Crippen LogP contribution in [0.2, 0.25) is 0 Å². The van der Waals surface area contributed by atoms with Crippen molar-refractivity contribution < 1.29 is 8.42 Å². The highest BCUT2D eigenvalue weighted by atomic mass is 32.2. The summed E-state index contributed by atoms with van der Waals surface area (Å²) in [6.45, 7) is 3.28. The normalized spacial score (nSPS) is 19.1.